The Balaban J connectivity index is 1.59. The third kappa shape index (κ3) is 10.5. The maximum Gasteiger partial charge on any atom is 0.243 e. The maximum absolute atomic E-state index is 14.0. The van der Waals surface area contributed by atoms with Gasteiger partial charge in [0.05, 0.1) is 21.3 Å². The van der Waals surface area contributed by atoms with Crippen LogP contribution in [0.5, 0.6) is 0 Å². The van der Waals surface area contributed by atoms with Gasteiger partial charge in [-0.3, -0.25) is 0 Å². The Morgan fingerprint density at radius 3 is 1.66 bits per heavy atom. The number of benzene rings is 4. The second-order valence-electron chi connectivity index (χ2n) is 11.3. The predicted octanol–water partition coefficient (Wildman–Crippen LogP) is 4.54. The second kappa shape index (κ2) is 16.1. The normalized spacial score (nSPS) is 13.1. The summed E-state index contributed by atoms with van der Waals surface area (Å²) < 4.78 is 92.9. The molecule has 47 heavy (non-hydrogen) atoms. The van der Waals surface area contributed by atoms with Gasteiger partial charge in [-0.1, -0.05) is 83.4 Å². The van der Waals surface area contributed by atoms with Gasteiger partial charge < -0.3 is 4.74 Å². The molecule has 0 radical (unpaired) electrons. The minimum Gasteiger partial charge on any atom is -0.377 e. The maximum atomic E-state index is 14.0. The summed E-state index contributed by atoms with van der Waals surface area (Å²) in [6.45, 7) is 5.17. The van der Waals surface area contributed by atoms with E-state index in [0.717, 1.165) is 26.6 Å². The Morgan fingerprint density at radius 2 is 1.13 bits per heavy atom. The molecule has 0 amide bonds. The van der Waals surface area contributed by atoms with E-state index >= 15 is 0 Å². The summed E-state index contributed by atoms with van der Waals surface area (Å²) in [4.78, 5) is 0.0948. The summed E-state index contributed by atoms with van der Waals surface area (Å²) in [6, 6.07) is 27.5. The van der Waals surface area contributed by atoms with Gasteiger partial charge in [-0.05, 0) is 69.2 Å². The lowest BCUT2D eigenvalue weighted by Gasteiger charge is -2.28. The number of hydrogen-bond acceptors (Lipinski definition) is 7. The highest BCUT2D eigenvalue weighted by Gasteiger charge is 2.30. The van der Waals surface area contributed by atoms with Crippen LogP contribution in [0.3, 0.4) is 0 Å². The number of rotatable bonds is 17. The Kier molecular flexibility index (Phi) is 12.5. The number of hydrogen-bond donors (Lipinski definition) is 2. The van der Waals surface area contributed by atoms with Gasteiger partial charge in [0.25, 0.3) is 0 Å². The molecule has 1 unspecified atom stereocenters. The predicted molar refractivity (Wildman–Crippen MR) is 182 cm³/mol. The molecular weight excluding hydrogens is 659 g/mol. The average Bonchev–Trinajstić information content (AvgIpc) is 3.03. The summed E-state index contributed by atoms with van der Waals surface area (Å²) in [5.74, 6) is 0. The molecule has 0 bridgehead atoms. The number of nitrogens with one attached hydrogen (secondary N) is 2. The molecule has 252 valence electrons. The van der Waals surface area contributed by atoms with Crippen molar-refractivity contribution in [3.8, 4) is 0 Å². The van der Waals surface area contributed by atoms with Gasteiger partial charge in [0, 0.05) is 32.3 Å². The highest BCUT2D eigenvalue weighted by molar-refractivity contribution is 7.90. The summed E-state index contributed by atoms with van der Waals surface area (Å²) in [7, 11) is -12.2. The van der Waals surface area contributed by atoms with Crippen molar-refractivity contribution in [3.63, 3.8) is 0 Å². The number of sulfonamides is 3. The number of aryl methyl sites for hydroxylation is 3. The van der Waals surface area contributed by atoms with Crippen LogP contribution in [0.4, 0.5) is 0 Å². The molecule has 4 rings (SSSR count). The van der Waals surface area contributed by atoms with Gasteiger partial charge in [0.15, 0.2) is 0 Å². The fourth-order valence-electron chi connectivity index (χ4n) is 4.70. The molecular formula is C34H41N3O7S3. The molecule has 13 heteroatoms. The lowest BCUT2D eigenvalue weighted by Crippen LogP contribution is -2.48. The molecule has 4 aromatic carbocycles. The standard InChI is InChI=1S/C34H41N3O7S3/c1-27-9-15-32(16-10-27)45(38,39)35-22-23-37(47(42,43)34-19-13-29(3)14-20-34)25-31(21-24-44-26-30-7-5-4-6-8-30)36-46(40,41)33-17-11-28(2)12-18-33/h4-20,31,35-36H,21-26H2,1-3H3. The van der Waals surface area contributed by atoms with Crippen LogP contribution in [0, 0.1) is 20.8 Å². The lowest BCUT2D eigenvalue weighted by molar-refractivity contribution is 0.111. The van der Waals surface area contributed by atoms with E-state index in [1.54, 1.807) is 36.4 Å². The van der Waals surface area contributed by atoms with Crippen LogP contribution in [0.15, 0.2) is 118 Å². The molecule has 0 aromatic heterocycles. The molecule has 0 fully saturated rings. The minimum atomic E-state index is -4.18. The van der Waals surface area contributed by atoms with Gasteiger partial charge in [-0.15, -0.1) is 0 Å². The van der Waals surface area contributed by atoms with E-state index < -0.39 is 36.1 Å². The molecule has 10 nitrogen and oxygen atoms in total. The molecule has 0 saturated heterocycles. The van der Waals surface area contributed by atoms with Crippen LogP contribution < -0.4 is 9.44 Å². The Morgan fingerprint density at radius 1 is 0.638 bits per heavy atom. The lowest BCUT2D eigenvalue weighted by atomic mass is 10.2. The van der Waals surface area contributed by atoms with E-state index in [9.17, 15) is 25.3 Å². The van der Waals surface area contributed by atoms with Gasteiger partial charge >= 0.3 is 0 Å². The number of ether oxygens (including phenoxy) is 1. The third-order valence-electron chi connectivity index (χ3n) is 7.44. The van der Waals surface area contributed by atoms with Crippen LogP contribution in [-0.4, -0.2) is 61.8 Å². The molecule has 4 aromatic rings. The van der Waals surface area contributed by atoms with Gasteiger partial charge in [-0.2, -0.15) is 4.31 Å². The third-order valence-corrected chi connectivity index (χ3v) is 12.3. The topological polar surface area (TPSA) is 139 Å². The zero-order valence-corrected chi connectivity index (χ0v) is 29.1. The smallest absolute Gasteiger partial charge is 0.243 e. The van der Waals surface area contributed by atoms with E-state index in [4.69, 9.17) is 4.74 Å². The Labute approximate surface area is 279 Å². The van der Waals surface area contributed by atoms with Crippen molar-refractivity contribution in [2.75, 3.05) is 26.2 Å². The quantitative estimate of drug-likeness (QED) is 0.154. The highest BCUT2D eigenvalue weighted by atomic mass is 32.2. The van der Waals surface area contributed by atoms with Crippen molar-refractivity contribution in [1.29, 1.82) is 0 Å². The highest BCUT2D eigenvalue weighted by Crippen LogP contribution is 2.19. The zero-order chi connectivity index (χ0) is 34.1. The van der Waals surface area contributed by atoms with Crippen LogP contribution >= 0.6 is 0 Å². The molecule has 0 saturated carbocycles. The van der Waals surface area contributed by atoms with Gasteiger partial charge in [0.2, 0.25) is 30.1 Å². The molecule has 0 spiro atoms. The monoisotopic (exact) mass is 699 g/mol. The van der Waals surface area contributed by atoms with Crippen LogP contribution in [-0.2, 0) is 41.4 Å². The Bertz CT molecular complexity index is 1920. The van der Waals surface area contributed by atoms with Gasteiger partial charge in [0.1, 0.15) is 0 Å². The first-order valence-corrected chi connectivity index (χ1v) is 19.5. The summed E-state index contributed by atoms with van der Waals surface area (Å²) in [5, 5.41) is 0. The molecule has 0 aliphatic heterocycles. The van der Waals surface area contributed by atoms with Crippen molar-refractivity contribution in [1.82, 2.24) is 13.7 Å². The van der Waals surface area contributed by atoms with E-state index in [0.29, 0.717) is 6.61 Å². The Hall–Kier alpha value is -3.43. The van der Waals surface area contributed by atoms with Crippen molar-refractivity contribution in [2.45, 2.75) is 54.5 Å². The SMILES string of the molecule is Cc1ccc(S(=O)(=O)NCCN(CC(CCOCc2ccccc2)NS(=O)(=O)c2ccc(C)cc2)S(=O)(=O)c2ccc(C)cc2)cc1. The van der Waals surface area contributed by atoms with Crippen molar-refractivity contribution in [3.05, 3.63) is 125 Å². The fourth-order valence-corrected chi connectivity index (χ4v) is 8.47. The van der Waals surface area contributed by atoms with Crippen LogP contribution in [0.1, 0.15) is 28.7 Å². The van der Waals surface area contributed by atoms with E-state index in [2.05, 4.69) is 9.44 Å². The molecule has 0 aliphatic carbocycles. The van der Waals surface area contributed by atoms with Crippen LogP contribution in [0.2, 0.25) is 0 Å². The van der Waals surface area contributed by atoms with Crippen molar-refractivity contribution < 1.29 is 30.0 Å². The second-order valence-corrected chi connectivity index (χ2v) is 16.8. The summed E-state index contributed by atoms with van der Waals surface area (Å²) in [5.41, 5.74) is 3.58. The zero-order valence-electron chi connectivity index (χ0n) is 26.7. The molecule has 2 N–H and O–H groups in total. The summed E-state index contributed by atoms with van der Waals surface area (Å²) >= 11 is 0. The molecule has 0 heterocycles. The summed E-state index contributed by atoms with van der Waals surface area (Å²) in [6.07, 6.45) is 0.146. The van der Waals surface area contributed by atoms with Crippen molar-refractivity contribution >= 4 is 30.1 Å². The fraction of sp³-hybridized carbons (Fsp3) is 0.294. The van der Waals surface area contributed by atoms with E-state index in [1.165, 1.54) is 36.4 Å². The van der Waals surface area contributed by atoms with Crippen LogP contribution in [0.25, 0.3) is 0 Å². The minimum absolute atomic E-state index is 0.00459. The first kappa shape index (κ1) is 36.4. The first-order valence-electron chi connectivity index (χ1n) is 15.1. The molecule has 0 aliphatic rings. The van der Waals surface area contributed by atoms with E-state index in [1.807, 2.05) is 51.1 Å². The largest absolute Gasteiger partial charge is 0.377 e. The van der Waals surface area contributed by atoms with Crippen molar-refractivity contribution in [2.24, 2.45) is 0 Å². The van der Waals surface area contributed by atoms with Gasteiger partial charge in [-0.25, -0.2) is 34.7 Å². The first-order chi connectivity index (χ1) is 22.3. The molecule has 1 atom stereocenters. The van der Waals surface area contributed by atoms with E-state index in [-0.39, 0.29) is 47.3 Å². The average molecular weight is 700 g/mol. The number of nitrogens with zero attached hydrogens (tertiary/aromatic N) is 1.